The molecule has 0 saturated heterocycles. The van der Waals surface area contributed by atoms with Crippen LogP contribution in [0.2, 0.25) is 0 Å². The second-order valence-corrected chi connectivity index (χ2v) is 6.40. The molecule has 2 amide bonds. The van der Waals surface area contributed by atoms with Crippen molar-refractivity contribution in [3.63, 3.8) is 0 Å². The number of anilines is 1. The number of fused-ring (bicyclic) bond motifs is 1. The van der Waals surface area contributed by atoms with Gasteiger partial charge in [-0.25, -0.2) is 4.98 Å². The Labute approximate surface area is 138 Å². The lowest BCUT2D eigenvalue weighted by Gasteiger charge is -2.18. The van der Waals surface area contributed by atoms with Gasteiger partial charge in [0, 0.05) is 23.3 Å². The first kappa shape index (κ1) is 15.5. The molecule has 0 fully saturated rings. The zero-order valence-electron chi connectivity index (χ0n) is 12.8. The van der Waals surface area contributed by atoms with Gasteiger partial charge in [0.1, 0.15) is 5.01 Å². The number of hydrogen-bond acceptors (Lipinski definition) is 5. The third-order valence-corrected chi connectivity index (χ3v) is 4.60. The number of carbonyl (C=O) groups excluding carboxylic acids is 2. The summed E-state index contributed by atoms with van der Waals surface area (Å²) in [6.45, 7) is 2.93. The Bertz CT molecular complexity index is 728. The lowest BCUT2D eigenvalue weighted by atomic mass is 10.2. The molecular formula is C16H18N4O2S. The highest BCUT2D eigenvalue weighted by atomic mass is 32.1. The topological polar surface area (TPSA) is 74.3 Å². The molecule has 1 aliphatic rings. The number of hydrazine groups is 1. The Balaban J connectivity index is 1.46. The van der Waals surface area contributed by atoms with E-state index in [0.717, 1.165) is 29.4 Å². The summed E-state index contributed by atoms with van der Waals surface area (Å²) >= 11 is 1.44. The van der Waals surface area contributed by atoms with Crippen LogP contribution in [0, 0.1) is 6.92 Å². The Morgan fingerprint density at radius 2 is 2.04 bits per heavy atom. The molecule has 2 N–H and O–H groups in total. The second-order valence-electron chi connectivity index (χ2n) is 5.46. The molecule has 23 heavy (non-hydrogen) atoms. The third-order valence-electron chi connectivity index (χ3n) is 3.64. The van der Waals surface area contributed by atoms with E-state index in [1.807, 2.05) is 35.4 Å². The fraction of sp³-hybridized carbons (Fsp3) is 0.312. The standard InChI is InChI=1S/C16H18N4O2S/c1-11-10-23-16(17-11)8-14(21)18-19-15(22)9-20-7-6-12-4-2-3-5-13(12)20/h2-5,10H,6-9H2,1H3,(H,18,21)(H,19,22). The minimum absolute atomic E-state index is 0.172. The fourth-order valence-electron chi connectivity index (χ4n) is 2.59. The molecule has 1 aromatic carbocycles. The number of amides is 2. The molecule has 0 unspecified atom stereocenters. The van der Waals surface area contributed by atoms with Crippen LogP contribution in [0.25, 0.3) is 0 Å². The van der Waals surface area contributed by atoms with Crippen LogP contribution in [0.15, 0.2) is 29.6 Å². The molecule has 2 aromatic rings. The van der Waals surface area contributed by atoms with E-state index in [-0.39, 0.29) is 24.8 Å². The van der Waals surface area contributed by atoms with E-state index in [2.05, 4.69) is 21.9 Å². The normalized spacial score (nSPS) is 12.8. The largest absolute Gasteiger partial charge is 0.362 e. The molecule has 0 spiro atoms. The Kier molecular flexibility index (Phi) is 4.57. The molecule has 1 aromatic heterocycles. The number of rotatable bonds is 4. The van der Waals surface area contributed by atoms with Gasteiger partial charge in [-0.1, -0.05) is 18.2 Å². The van der Waals surface area contributed by atoms with Crippen LogP contribution in [-0.2, 0) is 22.4 Å². The highest BCUT2D eigenvalue weighted by Gasteiger charge is 2.20. The molecule has 0 atom stereocenters. The number of para-hydroxylation sites is 1. The van der Waals surface area contributed by atoms with E-state index in [1.54, 1.807) is 0 Å². The number of aromatic nitrogens is 1. The van der Waals surface area contributed by atoms with Crippen LogP contribution < -0.4 is 15.8 Å². The molecule has 0 radical (unpaired) electrons. The lowest BCUT2D eigenvalue weighted by molar-refractivity contribution is -0.127. The van der Waals surface area contributed by atoms with Crippen LogP contribution in [0.1, 0.15) is 16.3 Å². The Morgan fingerprint density at radius 3 is 2.83 bits per heavy atom. The third kappa shape index (κ3) is 3.87. The van der Waals surface area contributed by atoms with Crippen molar-refractivity contribution in [2.45, 2.75) is 19.8 Å². The molecular weight excluding hydrogens is 312 g/mol. The minimum atomic E-state index is -0.269. The first-order valence-electron chi connectivity index (χ1n) is 7.43. The van der Waals surface area contributed by atoms with E-state index in [1.165, 1.54) is 16.9 Å². The Hall–Kier alpha value is -2.41. The zero-order valence-corrected chi connectivity index (χ0v) is 13.7. The summed E-state index contributed by atoms with van der Waals surface area (Å²) in [6.07, 6.45) is 1.12. The van der Waals surface area contributed by atoms with Gasteiger partial charge < -0.3 is 4.90 Å². The number of benzene rings is 1. The van der Waals surface area contributed by atoms with Gasteiger partial charge in [-0.3, -0.25) is 20.4 Å². The summed E-state index contributed by atoms with van der Waals surface area (Å²) in [7, 11) is 0. The molecule has 0 aliphatic carbocycles. The highest BCUT2D eigenvalue weighted by molar-refractivity contribution is 7.09. The molecule has 0 bridgehead atoms. The maximum atomic E-state index is 12.0. The van der Waals surface area contributed by atoms with Crippen molar-refractivity contribution in [2.75, 3.05) is 18.0 Å². The molecule has 6 nitrogen and oxygen atoms in total. The van der Waals surface area contributed by atoms with Crippen LogP contribution in [-0.4, -0.2) is 29.9 Å². The van der Waals surface area contributed by atoms with Gasteiger partial charge in [-0.05, 0) is 25.0 Å². The van der Waals surface area contributed by atoms with Crippen molar-refractivity contribution in [1.29, 1.82) is 0 Å². The average Bonchev–Trinajstić information content (AvgIpc) is 3.12. The monoisotopic (exact) mass is 330 g/mol. The summed E-state index contributed by atoms with van der Waals surface area (Å²) in [5.74, 6) is -0.500. The molecule has 1 aliphatic heterocycles. The first-order chi connectivity index (χ1) is 11.1. The van der Waals surface area contributed by atoms with Crippen molar-refractivity contribution in [3.8, 4) is 0 Å². The minimum Gasteiger partial charge on any atom is -0.362 e. The van der Waals surface area contributed by atoms with Gasteiger partial charge in [-0.15, -0.1) is 11.3 Å². The van der Waals surface area contributed by atoms with E-state index in [4.69, 9.17) is 0 Å². The van der Waals surface area contributed by atoms with Gasteiger partial charge in [0.25, 0.3) is 5.91 Å². The van der Waals surface area contributed by atoms with Crippen LogP contribution in [0.4, 0.5) is 5.69 Å². The van der Waals surface area contributed by atoms with E-state index >= 15 is 0 Å². The predicted molar refractivity (Wildman–Crippen MR) is 89.2 cm³/mol. The molecule has 0 saturated carbocycles. The predicted octanol–water partition coefficient (Wildman–Crippen LogP) is 1.20. The van der Waals surface area contributed by atoms with Crippen LogP contribution in [0.3, 0.4) is 0 Å². The number of aryl methyl sites for hydroxylation is 1. The van der Waals surface area contributed by atoms with Gasteiger partial charge >= 0.3 is 0 Å². The summed E-state index contributed by atoms with van der Waals surface area (Å²) in [5, 5.41) is 2.63. The maximum absolute atomic E-state index is 12.0. The fourth-order valence-corrected chi connectivity index (χ4v) is 3.36. The number of thiazole rings is 1. The number of carbonyl (C=O) groups is 2. The van der Waals surface area contributed by atoms with E-state index < -0.39 is 0 Å². The van der Waals surface area contributed by atoms with Crippen molar-refractivity contribution in [1.82, 2.24) is 15.8 Å². The number of hydrogen-bond donors (Lipinski definition) is 2. The summed E-state index contributed by atoms with van der Waals surface area (Å²) in [6, 6.07) is 8.06. The summed E-state index contributed by atoms with van der Waals surface area (Å²) < 4.78 is 0. The van der Waals surface area contributed by atoms with Crippen molar-refractivity contribution < 1.29 is 9.59 Å². The van der Waals surface area contributed by atoms with Gasteiger partial charge in [-0.2, -0.15) is 0 Å². The van der Waals surface area contributed by atoms with E-state index in [9.17, 15) is 9.59 Å². The molecule has 120 valence electrons. The summed E-state index contributed by atoms with van der Waals surface area (Å²) in [5.41, 5.74) is 8.14. The molecule has 7 heteroatoms. The average molecular weight is 330 g/mol. The van der Waals surface area contributed by atoms with E-state index in [0.29, 0.717) is 0 Å². The highest BCUT2D eigenvalue weighted by Crippen LogP contribution is 2.26. The lowest BCUT2D eigenvalue weighted by Crippen LogP contribution is -2.46. The second kappa shape index (κ2) is 6.78. The van der Waals surface area contributed by atoms with Crippen molar-refractivity contribution >= 4 is 28.8 Å². The van der Waals surface area contributed by atoms with Crippen LogP contribution in [0.5, 0.6) is 0 Å². The smallest absolute Gasteiger partial charge is 0.257 e. The van der Waals surface area contributed by atoms with Gasteiger partial charge in [0.15, 0.2) is 0 Å². The quantitative estimate of drug-likeness (QED) is 0.826. The Morgan fingerprint density at radius 1 is 1.26 bits per heavy atom. The van der Waals surface area contributed by atoms with Gasteiger partial charge in [0.05, 0.1) is 13.0 Å². The SMILES string of the molecule is Cc1csc(CC(=O)NNC(=O)CN2CCc3ccccc32)n1. The summed E-state index contributed by atoms with van der Waals surface area (Å²) in [4.78, 5) is 30.0. The maximum Gasteiger partial charge on any atom is 0.257 e. The zero-order chi connectivity index (χ0) is 16.2. The van der Waals surface area contributed by atoms with Crippen molar-refractivity contribution in [3.05, 3.63) is 45.9 Å². The molecule has 2 heterocycles. The molecule has 3 rings (SSSR count). The first-order valence-corrected chi connectivity index (χ1v) is 8.31. The van der Waals surface area contributed by atoms with Gasteiger partial charge in [0.2, 0.25) is 5.91 Å². The number of nitrogens with one attached hydrogen (secondary N) is 2. The van der Waals surface area contributed by atoms with Crippen LogP contribution >= 0.6 is 11.3 Å². The van der Waals surface area contributed by atoms with Crippen molar-refractivity contribution in [2.24, 2.45) is 0 Å². The number of nitrogens with zero attached hydrogens (tertiary/aromatic N) is 2.